The molecule has 0 aliphatic rings. The Morgan fingerprint density at radius 1 is 0.938 bits per heavy atom. The molecule has 32 heavy (non-hydrogen) atoms. The van der Waals surface area contributed by atoms with Crippen LogP contribution in [0.5, 0.6) is 5.75 Å². The number of esters is 1. The van der Waals surface area contributed by atoms with Crippen molar-refractivity contribution in [3.63, 3.8) is 0 Å². The van der Waals surface area contributed by atoms with Gasteiger partial charge in [0.1, 0.15) is 11.4 Å². The minimum atomic E-state index is -1.23. The third kappa shape index (κ3) is 5.27. The quantitative estimate of drug-likeness (QED) is 0.355. The molecule has 0 aromatic heterocycles. The smallest absolute Gasteiger partial charge is 0.333 e. The lowest BCUT2D eigenvalue weighted by Crippen LogP contribution is -2.32. The van der Waals surface area contributed by atoms with Crippen LogP contribution in [0.2, 0.25) is 0 Å². The first-order valence-corrected chi connectivity index (χ1v) is 10.5. The van der Waals surface area contributed by atoms with Crippen molar-refractivity contribution in [3.8, 4) is 28.0 Å². The summed E-state index contributed by atoms with van der Waals surface area (Å²) in [5.74, 6) is 0.312. The van der Waals surface area contributed by atoms with Gasteiger partial charge in [0, 0.05) is 5.57 Å². The molecule has 0 radical (unpaired) electrons. The number of hydrogen-bond donors (Lipinski definition) is 1. The van der Waals surface area contributed by atoms with E-state index < -0.39 is 17.7 Å². The van der Waals surface area contributed by atoms with Crippen LogP contribution in [0.25, 0.3) is 22.3 Å². The summed E-state index contributed by atoms with van der Waals surface area (Å²) in [5, 5.41) is 10.5. The molecule has 3 rings (SSSR count). The molecule has 0 saturated heterocycles. The normalized spacial score (nSPS) is 12.2. The summed E-state index contributed by atoms with van der Waals surface area (Å²) < 4.78 is 10.8. The van der Waals surface area contributed by atoms with Gasteiger partial charge in [0.05, 0.1) is 7.11 Å². The van der Waals surface area contributed by atoms with Crippen molar-refractivity contribution in [1.29, 1.82) is 0 Å². The predicted molar refractivity (Wildman–Crippen MR) is 129 cm³/mol. The molecule has 1 N–H and O–H groups in total. The number of methoxy groups -OCH3 is 1. The molecule has 0 saturated carbocycles. The van der Waals surface area contributed by atoms with E-state index in [4.69, 9.17) is 9.47 Å². The Morgan fingerprint density at radius 3 is 2.00 bits per heavy atom. The molecule has 3 aromatic rings. The van der Waals surface area contributed by atoms with Crippen molar-refractivity contribution in [1.82, 2.24) is 0 Å². The van der Waals surface area contributed by atoms with Crippen LogP contribution in [-0.4, -0.2) is 23.8 Å². The molecule has 0 fully saturated rings. The number of carbonyl (C=O) groups is 1. The van der Waals surface area contributed by atoms with E-state index >= 15 is 0 Å². The summed E-state index contributed by atoms with van der Waals surface area (Å²) in [4.78, 5) is 12.0. The highest BCUT2D eigenvalue weighted by Crippen LogP contribution is 2.33. The van der Waals surface area contributed by atoms with Crippen LogP contribution in [0.15, 0.2) is 78.9 Å². The maximum Gasteiger partial charge on any atom is 0.333 e. The Balaban J connectivity index is 1.86. The average Bonchev–Trinajstić information content (AvgIpc) is 2.76. The van der Waals surface area contributed by atoms with Gasteiger partial charge in [-0.15, -0.1) is 0 Å². The van der Waals surface area contributed by atoms with Gasteiger partial charge in [-0.3, -0.25) is 0 Å². The molecule has 0 aliphatic heterocycles. The first-order chi connectivity index (χ1) is 15.1. The van der Waals surface area contributed by atoms with E-state index in [2.05, 4.69) is 43.8 Å². The van der Waals surface area contributed by atoms with Crippen molar-refractivity contribution < 1.29 is 19.4 Å². The fourth-order valence-corrected chi connectivity index (χ4v) is 3.62. The molecule has 4 nitrogen and oxygen atoms in total. The molecule has 0 heterocycles. The maximum absolute atomic E-state index is 12.0. The largest absolute Gasteiger partial charge is 0.497 e. The van der Waals surface area contributed by atoms with E-state index in [0.717, 1.165) is 28.0 Å². The van der Waals surface area contributed by atoms with E-state index in [9.17, 15) is 9.90 Å². The highest BCUT2D eigenvalue weighted by molar-refractivity contribution is 5.87. The topological polar surface area (TPSA) is 55.8 Å². The Morgan fingerprint density at radius 2 is 1.50 bits per heavy atom. The van der Waals surface area contributed by atoms with E-state index in [1.165, 1.54) is 11.1 Å². The van der Waals surface area contributed by atoms with Crippen molar-refractivity contribution in [3.05, 3.63) is 90.0 Å². The number of aryl methyl sites for hydroxylation is 1. The standard InChI is InChI=1S/C28H30O4/c1-18(2)27(29)32-26(28(4,5)30)22-9-7-20(8-10-22)23-13-16-25(19(3)17-23)21-11-14-24(31-6)15-12-21/h7-17,26,30H,1H2,2-6H3. The van der Waals surface area contributed by atoms with E-state index in [-0.39, 0.29) is 0 Å². The molecule has 0 amide bonds. The van der Waals surface area contributed by atoms with E-state index in [1.807, 2.05) is 36.4 Å². The Labute approximate surface area is 190 Å². The van der Waals surface area contributed by atoms with Gasteiger partial charge in [-0.1, -0.05) is 61.2 Å². The Hall–Kier alpha value is -3.37. The van der Waals surface area contributed by atoms with Gasteiger partial charge in [0.2, 0.25) is 0 Å². The van der Waals surface area contributed by atoms with Crippen LogP contribution in [0, 0.1) is 6.92 Å². The van der Waals surface area contributed by atoms with Gasteiger partial charge < -0.3 is 14.6 Å². The lowest BCUT2D eigenvalue weighted by atomic mass is 9.92. The van der Waals surface area contributed by atoms with Crippen molar-refractivity contribution in [2.24, 2.45) is 0 Å². The summed E-state index contributed by atoms with van der Waals surface area (Å²) in [7, 11) is 1.66. The second kappa shape index (κ2) is 9.41. The van der Waals surface area contributed by atoms with Crippen LogP contribution in [0.1, 0.15) is 38.0 Å². The van der Waals surface area contributed by atoms with Gasteiger partial charge in [0.15, 0.2) is 6.10 Å². The third-order valence-corrected chi connectivity index (χ3v) is 5.39. The van der Waals surface area contributed by atoms with Crippen molar-refractivity contribution in [2.75, 3.05) is 7.11 Å². The van der Waals surface area contributed by atoms with Gasteiger partial charge in [-0.2, -0.15) is 0 Å². The summed E-state index contributed by atoms with van der Waals surface area (Å²) in [6, 6.07) is 22.1. The number of hydrogen-bond acceptors (Lipinski definition) is 4. The summed E-state index contributed by atoms with van der Waals surface area (Å²) in [6.45, 7) is 10.6. The van der Waals surface area contributed by atoms with Crippen LogP contribution in [0.3, 0.4) is 0 Å². The minimum Gasteiger partial charge on any atom is -0.497 e. The molecule has 1 unspecified atom stereocenters. The molecule has 4 heteroatoms. The Kier molecular flexibility index (Phi) is 6.85. The molecule has 1 atom stereocenters. The van der Waals surface area contributed by atoms with Gasteiger partial charge in [-0.05, 0) is 73.2 Å². The molecule has 166 valence electrons. The molecule has 0 spiro atoms. The van der Waals surface area contributed by atoms with Crippen molar-refractivity contribution >= 4 is 5.97 Å². The maximum atomic E-state index is 12.0. The fourth-order valence-electron chi connectivity index (χ4n) is 3.62. The van der Waals surface area contributed by atoms with E-state index in [0.29, 0.717) is 5.57 Å². The highest BCUT2D eigenvalue weighted by Gasteiger charge is 2.32. The molecule has 0 aliphatic carbocycles. The van der Waals surface area contributed by atoms with Crippen LogP contribution in [0.4, 0.5) is 0 Å². The SMILES string of the molecule is C=C(C)C(=O)OC(c1ccc(-c2ccc(-c3ccc(OC)cc3)c(C)c2)cc1)C(C)(C)O. The number of rotatable bonds is 7. The summed E-state index contributed by atoms with van der Waals surface area (Å²) in [5.41, 5.74) is 5.39. The highest BCUT2D eigenvalue weighted by atomic mass is 16.6. The lowest BCUT2D eigenvalue weighted by Gasteiger charge is -2.29. The monoisotopic (exact) mass is 430 g/mol. The number of ether oxygens (including phenoxy) is 2. The second-order valence-electron chi connectivity index (χ2n) is 8.60. The van der Waals surface area contributed by atoms with Crippen LogP contribution >= 0.6 is 0 Å². The minimum absolute atomic E-state index is 0.295. The molecule has 3 aromatic carbocycles. The zero-order valence-electron chi connectivity index (χ0n) is 19.3. The van der Waals surface area contributed by atoms with Gasteiger partial charge in [-0.25, -0.2) is 4.79 Å². The first-order valence-electron chi connectivity index (χ1n) is 10.5. The predicted octanol–water partition coefficient (Wildman–Crippen LogP) is 6.27. The van der Waals surface area contributed by atoms with Crippen molar-refractivity contribution in [2.45, 2.75) is 39.4 Å². The lowest BCUT2D eigenvalue weighted by molar-refractivity contribution is -0.158. The Bertz CT molecular complexity index is 1100. The number of aliphatic hydroxyl groups is 1. The summed E-state index contributed by atoms with van der Waals surface area (Å²) in [6.07, 6.45) is -0.792. The zero-order chi connectivity index (χ0) is 23.5. The van der Waals surface area contributed by atoms with Gasteiger partial charge >= 0.3 is 5.97 Å². The molecular formula is C28H30O4. The average molecular weight is 431 g/mol. The molecule has 0 bridgehead atoms. The number of carbonyl (C=O) groups excluding carboxylic acids is 1. The fraction of sp³-hybridized carbons (Fsp3) is 0.250. The van der Waals surface area contributed by atoms with E-state index in [1.54, 1.807) is 27.9 Å². The molecular weight excluding hydrogens is 400 g/mol. The van der Waals surface area contributed by atoms with Crippen LogP contribution in [-0.2, 0) is 9.53 Å². The third-order valence-electron chi connectivity index (χ3n) is 5.39. The van der Waals surface area contributed by atoms with Crippen LogP contribution < -0.4 is 4.74 Å². The zero-order valence-corrected chi connectivity index (χ0v) is 19.3. The number of benzene rings is 3. The second-order valence-corrected chi connectivity index (χ2v) is 8.60. The first kappa shape index (κ1) is 23.3. The van der Waals surface area contributed by atoms with Gasteiger partial charge in [0.25, 0.3) is 0 Å². The summed E-state index contributed by atoms with van der Waals surface area (Å²) >= 11 is 0.